The van der Waals surface area contributed by atoms with Crippen molar-refractivity contribution in [3.8, 4) is 0 Å². The predicted molar refractivity (Wildman–Crippen MR) is 116 cm³/mol. The minimum absolute atomic E-state index is 0.000316. The van der Waals surface area contributed by atoms with E-state index in [0.29, 0.717) is 29.5 Å². The standard InChI is InChI=1S/C21H30N4O5S/c26-20(14-1-4-18-19(9-14)30-21(27)24-18)23-15-10-16-2-3-17(11-15)25(16)31(28,29)12-13-5-7-22-8-6-13/h1,4,9,13,15-17,20,22-23,26H,2-3,5-8,10-12H2,(H,24,27)/t15-,16+,17-,20?. The normalized spacial score (nSPS) is 28.9. The molecule has 31 heavy (non-hydrogen) atoms. The fourth-order valence-electron chi connectivity index (χ4n) is 5.61. The largest absolute Gasteiger partial charge is 0.417 e. The van der Waals surface area contributed by atoms with Crippen molar-refractivity contribution in [1.29, 1.82) is 0 Å². The second kappa shape index (κ2) is 8.32. The molecule has 9 nitrogen and oxygen atoms in total. The highest BCUT2D eigenvalue weighted by Crippen LogP contribution is 2.39. The van der Waals surface area contributed by atoms with E-state index in [-0.39, 0.29) is 29.8 Å². The van der Waals surface area contributed by atoms with Gasteiger partial charge in [0, 0.05) is 18.1 Å². The molecular weight excluding hydrogens is 420 g/mol. The number of hydrogen-bond acceptors (Lipinski definition) is 7. The van der Waals surface area contributed by atoms with Crippen molar-refractivity contribution < 1.29 is 17.9 Å². The average Bonchev–Trinajstić information content (AvgIpc) is 3.24. The summed E-state index contributed by atoms with van der Waals surface area (Å²) < 4.78 is 33.2. The lowest BCUT2D eigenvalue weighted by Gasteiger charge is -2.39. The van der Waals surface area contributed by atoms with Gasteiger partial charge in [-0.25, -0.2) is 13.2 Å². The second-order valence-corrected chi connectivity index (χ2v) is 11.1. The number of aromatic amines is 1. The van der Waals surface area contributed by atoms with E-state index in [1.165, 1.54) is 0 Å². The Balaban J connectivity index is 1.24. The number of sulfonamides is 1. The van der Waals surface area contributed by atoms with Crippen molar-refractivity contribution in [3.63, 3.8) is 0 Å². The molecule has 1 aromatic heterocycles. The van der Waals surface area contributed by atoms with Gasteiger partial charge in [-0.1, -0.05) is 6.07 Å². The number of nitrogens with one attached hydrogen (secondary N) is 3. The summed E-state index contributed by atoms with van der Waals surface area (Å²) in [5, 5.41) is 17.2. The van der Waals surface area contributed by atoms with Gasteiger partial charge in [0.2, 0.25) is 10.0 Å². The van der Waals surface area contributed by atoms with Crippen LogP contribution < -0.4 is 16.4 Å². The van der Waals surface area contributed by atoms with Gasteiger partial charge in [0.15, 0.2) is 5.58 Å². The Morgan fingerprint density at radius 2 is 1.87 bits per heavy atom. The minimum Gasteiger partial charge on any atom is -0.408 e. The van der Waals surface area contributed by atoms with E-state index in [9.17, 15) is 18.3 Å². The maximum Gasteiger partial charge on any atom is 0.417 e. The number of oxazole rings is 1. The molecule has 1 unspecified atom stereocenters. The molecule has 170 valence electrons. The molecule has 0 aliphatic carbocycles. The SMILES string of the molecule is O=c1[nH]c2ccc(C(O)N[C@H]3C[C@H]4CC[C@@H](C3)N4S(=O)(=O)CC3CCNCC3)cc2o1. The molecule has 0 spiro atoms. The van der Waals surface area contributed by atoms with Crippen LogP contribution in [0.3, 0.4) is 0 Å². The molecule has 4 heterocycles. The van der Waals surface area contributed by atoms with Gasteiger partial charge in [-0.05, 0) is 75.2 Å². The third-order valence-electron chi connectivity index (χ3n) is 7.05. The van der Waals surface area contributed by atoms with E-state index in [0.717, 1.165) is 38.8 Å². The van der Waals surface area contributed by atoms with Crippen molar-refractivity contribution in [3.05, 3.63) is 34.3 Å². The molecule has 0 saturated carbocycles. The van der Waals surface area contributed by atoms with Crippen LogP contribution in [0.15, 0.2) is 27.4 Å². The number of fused-ring (bicyclic) bond motifs is 3. The fourth-order valence-corrected chi connectivity index (χ4v) is 8.00. The number of aliphatic hydroxyl groups is 1. The van der Waals surface area contributed by atoms with Crippen LogP contribution >= 0.6 is 0 Å². The first-order valence-corrected chi connectivity index (χ1v) is 12.8. The summed E-state index contributed by atoms with van der Waals surface area (Å²) in [5.41, 5.74) is 1.61. The summed E-state index contributed by atoms with van der Waals surface area (Å²) in [6, 6.07) is 5.14. The molecule has 4 N–H and O–H groups in total. The summed E-state index contributed by atoms with van der Waals surface area (Å²) in [7, 11) is -3.28. The van der Waals surface area contributed by atoms with Crippen molar-refractivity contribution in [2.75, 3.05) is 18.8 Å². The third-order valence-corrected chi connectivity index (χ3v) is 9.18. The number of nitrogens with zero attached hydrogens (tertiary/aromatic N) is 1. The van der Waals surface area contributed by atoms with Crippen LogP contribution in [0.2, 0.25) is 0 Å². The summed E-state index contributed by atoms with van der Waals surface area (Å²) in [6.07, 6.45) is 4.08. The zero-order valence-electron chi connectivity index (χ0n) is 17.4. The third kappa shape index (κ3) is 4.31. The Labute approximate surface area is 181 Å². The molecule has 2 bridgehead atoms. The Bertz CT molecular complexity index is 1080. The first kappa shape index (κ1) is 21.1. The van der Waals surface area contributed by atoms with E-state index in [2.05, 4.69) is 15.6 Å². The quantitative estimate of drug-likeness (QED) is 0.484. The Morgan fingerprint density at radius 3 is 2.58 bits per heavy atom. The van der Waals surface area contributed by atoms with Gasteiger partial charge in [0.1, 0.15) is 6.23 Å². The smallest absolute Gasteiger partial charge is 0.408 e. The molecule has 10 heteroatoms. The first-order chi connectivity index (χ1) is 14.9. The van der Waals surface area contributed by atoms with Gasteiger partial charge in [0.25, 0.3) is 0 Å². The molecule has 0 radical (unpaired) electrons. The van der Waals surface area contributed by atoms with Gasteiger partial charge in [-0.3, -0.25) is 10.3 Å². The molecule has 3 aliphatic heterocycles. The van der Waals surface area contributed by atoms with Crippen LogP contribution in [-0.2, 0) is 10.0 Å². The maximum absolute atomic E-state index is 13.2. The van der Waals surface area contributed by atoms with Crippen LogP contribution in [0.4, 0.5) is 0 Å². The van der Waals surface area contributed by atoms with Crippen LogP contribution in [-0.4, -0.2) is 59.8 Å². The highest BCUT2D eigenvalue weighted by Gasteiger charge is 2.47. The maximum atomic E-state index is 13.2. The molecular formula is C21H30N4O5S. The molecule has 2 aromatic rings. The van der Waals surface area contributed by atoms with Crippen molar-refractivity contribution in [2.24, 2.45) is 5.92 Å². The van der Waals surface area contributed by atoms with Crippen LogP contribution in [0, 0.1) is 5.92 Å². The van der Waals surface area contributed by atoms with Gasteiger partial charge in [0.05, 0.1) is 11.3 Å². The van der Waals surface area contributed by atoms with Crippen molar-refractivity contribution >= 4 is 21.1 Å². The molecule has 3 saturated heterocycles. The number of rotatable bonds is 6. The van der Waals surface area contributed by atoms with E-state index >= 15 is 0 Å². The Morgan fingerprint density at radius 1 is 1.16 bits per heavy atom. The summed E-state index contributed by atoms with van der Waals surface area (Å²) in [6.45, 7) is 1.80. The second-order valence-electron chi connectivity index (χ2n) is 9.19. The van der Waals surface area contributed by atoms with Crippen LogP contribution in [0.5, 0.6) is 0 Å². The van der Waals surface area contributed by atoms with Gasteiger partial charge in [-0.15, -0.1) is 0 Å². The van der Waals surface area contributed by atoms with Crippen LogP contribution in [0.25, 0.3) is 11.1 Å². The minimum atomic E-state index is -3.28. The average molecular weight is 451 g/mol. The Hall–Kier alpha value is -1.72. The predicted octanol–water partition coefficient (Wildman–Crippen LogP) is 1.03. The summed E-state index contributed by atoms with van der Waals surface area (Å²) >= 11 is 0. The number of aliphatic hydroxyl groups excluding tert-OH is 1. The highest BCUT2D eigenvalue weighted by molar-refractivity contribution is 7.89. The zero-order chi connectivity index (χ0) is 21.6. The van der Waals surface area contributed by atoms with Crippen LogP contribution in [0.1, 0.15) is 50.3 Å². The van der Waals surface area contributed by atoms with E-state index < -0.39 is 22.0 Å². The van der Waals surface area contributed by atoms with E-state index in [1.807, 2.05) is 0 Å². The highest BCUT2D eigenvalue weighted by atomic mass is 32.2. The summed E-state index contributed by atoms with van der Waals surface area (Å²) in [4.78, 5) is 13.9. The number of aromatic nitrogens is 1. The fraction of sp³-hybridized carbons (Fsp3) is 0.667. The topological polar surface area (TPSA) is 128 Å². The lowest BCUT2D eigenvalue weighted by Crippen LogP contribution is -2.53. The van der Waals surface area contributed by atoms with E-state index in [1.54, 1.807) is 22.5 Å². The molecule has 3 aliphatic rings. The summed E-state index contributed by atoms with van der Waals surface area (Å²) in [5.74, 6) is -0.0273. The molecule has 3 fully saturated rings. The molecule has 0 amide bonds. The Kier molecular flexibility index (Phi) is 5.68. The lowest BCUT2D eigenvalue weighted by molar-refractivity contribution is 0.0968. The van der Waals surface area contributed by atoms with E-state index in [4.69, 9.17) is 4.42 Å². The number of H-pyrrole nitrogens is 1. The van der Waals surface area contributed by atoms with Gasteiger partial charge < -0.3 is 14.8 Å². The monoisotopic (exact) mass is 450 g/mol. The molecule has 1 aromatic carbocycles. The van der Waals surface area contributed by atoms with Crippen molar-refractivity contribution in [2.45, 2.75) is 62.9 Å². The zero-order valence-corrected chi connectivity index (χ0v) is 18.2. The number of benzene rings is 1. The lowest BCUT2D eigenvalue weighted by atomic mass is 9.99. The molecule has 4 atom stereocenters. The molecule has 5 rings (SSSR count). The van der Waals surface area contributed by atoms with Gasteiger partial charge >= 0.3 is 5.76 Å². The van der Waals surface area contributed by atoms with Gasteiger partial charge in [-0.2, -0.15) is 4.31 Å². The number of hydrogen-bond donors (Lipinski definition) is 4. The van der Waals surface area contributed by atoms with Crippen molar-refractivity contribution in [1.82, 2.24) is 19.9 Å². The first-order valence-electron chi connectivity index (χ1n) is 11.2. The number of piperidine rings is 2.